The predicted octanol–water partition coefficient (Wildman–Crippen LogP) is 12.1. The van der Waals surface area contributed by atoms with Crippen LogP contribution in [0.1, 0.15) is 147 Å². The van der Waals surface area contributed by atoms with Gasteiger partial charge in [-0.1, -0.05) is 81.5 Å². The molecule has 0 N–H and O–H groups in total. The minimum Gasteiger partial charge on any atom is -0.262 e. The molecule has 0 aliphatic heterocycles. The molecule has 4 heteroatoms. The van der Waals surface area contributed by atoms with Crippen LogP contribution in [0, 0.1) is 0 Å². The first-order chi connectivity index (χ1) is 19.6. The Balaban J connectivity index is 5.07. The van der Waals surface area contributed by atoms with Gasteiger partial charge in [0, 0.05) is 0 Å². The van der Waals surface area contributed by atoms with E-state index < -0.39 is 21.5 Å². The van der Waals surface area contributed by atoms with Crippen molar-refractivity contribution < 1.29 is 12.6 Å². The van der Waals surface area contributed by atoms with Crippen LogP contribution in [-0.4, -0.2) is 19.8 Å². The third-order valence-corrected chi connectivity index (χ3v) is 8.95. The van der Waals surface area contributed by atoms with E-state index in [4.69, 9.17) is 4.18 Å². The molecule has 0 aliphatic carbocycles. The fourth-order valence-electron chi connectivity index (χ4n) is 4.36. The summed E-state index contributed by atoms with van der Waals surface area (Å²) in [6.45, 7) is 22.8. The average molecular weight is 601 g/mol. The van der Waals surface area contributed by atoms with Gasteiger partial charge in [0.1, 0.15) is 0 Å². The highest BCUT2D eigenvalue weighted by molar-refractivity contribution is 7.87. The van der Waals surface area contributed by atoms with Crippen LogP contribution in [0.5, 0.6) is 0 Å². The summed E-state index contributed by atoms with van der Waals surface area (Å²) in [5.41, 5.74) is 9.49. The molecule has 0 aromatic heterocycles. The Kier molecular flexibility index (Phi) is 21.6. The van der Waals surface area contributed by atoms with Gasteiger partial charge in [-0.3, -0.25) is 4.18 Å². The molecule has 0 fully saturated rings. The molecule has 0 amide bonds. The van der Waals surface area contributed by atoms with Gasteiger partial charge < -0.3 is 0 Å². The maximum Gasteiger partial charge on any atom is 0.270 e. The Morgan fingerprint density at radius 2 is 0.857 bits per heavy atom. The summed E-state index contributed by atoms with van der Waals surface area (Å²) >= 11 is 0. The van der Waals surface area contributed by atoms with Crippen LogP contribution < -0.4 is 0 Å². The Bertz CT molecular complexity index is 1100. The zero-order valence-electron chi connectivity index (χ0n) is 29.1. The van der Waals surface area contributed by atoms with Crippen LogP contribution in [-0.2, 0) is 14.3 Å². The van der Waals surface area contributed by atoms with E-state index >= 15 is 0 Å². The van der Waals surface area contributed by atoms with Gasteiger partial charge in [0.2, 0.25) is 0 Å². The molecule has 42 heavy (non-hydrogen) atoms. The molecule has 0 rings (SSSR count). The van der Waals surface area contributed by atoms with Crippen molar-refractivity contribution in [3.8, 4) is 0 Å². The lowest BCUT2D eigenvalue weighted by Gasteiger charge is -2.16. The Labute approximate surface area is 261 Å². The van der Waals surface area contributed by atoms with Crippen LogP contribution in [0.25, 0.3) is 0 Å². The molecule has 1 atom stereocenters. The smallest absolute Gasteiger partial charge is 0.262 e. The van der Waals surface area contributed by atoms with Crippen molar-refractivity contribution in [3.05, 3.63) is 81.5 Å². The summed E-state index contributed by atoms with van der Waals surface area (Å²) in [7, 11) is -3.60. The van der Waals surface area contributed by atoms with Gasteiger partial charge in [0.25, 0.3) is 10.1 Å². The molecule has 0 heterocycles. The minimum atomic E-state index is -3.60. The third kappa shape index (κ3) is 22.7. The van der Waals surface area contributed by atoms with Gasteiger partial charge >= 0.3 is 0 Å². The molecule has 1 unspecified atom stereocenters. The second-order valence-electron chi connectivity index (χ2n) is 12.9. The van der Waals surface area contributed by atoms with Gasteiger partial charge in [-0.2, -0.15) is 8.42 Å². The molecule has 0 aromatic carbocycles. The number of allylic oxidation sites excluding steroid dienone is 12. The van der Waals surface area contributed by atoms with Gasteiger partial charge in [-0.05, 0) is 147 Å². The Morgan fingerprint density at radius 1 is 0.524 bits per heavy atom. The van der Waals surface area contributed by atoms with Gasteiger partial charge in [0.15, 0.2) is 0 Å². The highest BCUT2D eigenvalue weighted by Gasteiger charge is 2.21. The Morgan fingerprint density at radius 3 is 1.21 bits per heavy atom. The quantitative estimate of drug-likeness (QED) is 0.0972. The van der Waals surface area contributed by atoms with E-state index in [9.17, 15) is 8.42 Å². The predicted molar refractivity (Wildman–Crippen MR) is 187 cm³/mol. The van der Waals surface area contributed by atoms with Crippen LogP contribution in [0.2, 0.25) is 0 Å². The number of rotatable bonds is 21. The van der Waals surface area contributed by atoms with Gasteiger partial charge in [0.05, 0.1) is 11.4 Å². The highest BCUT2D eigenvalue weighted by atomic mass is 32.2. The monoisotopic (exact) mass is 600 g/mol. The van der Waals surface area contributed by atoms with Crippen molar-refractivity contribution in [2.45, 2.75) is 158 Å². The fraction of sp³-hybridized carbons (Fsp3) is 0.632. The molecular weight excluding hydrogens is 536 g/mol. The van der Waals surface area contributed by atoms with Crippen LogP contribution in [0.4, 0.5) is 0 Å². The van der Waals surface area contributed by atoms with Crippen LogP contribution >= 0.6 is 0 Å². The maximum atomic E-state index is 12.6. The Hall–Kier alpha value is -1.91. The third-order valence-electron chi connectivity index (χ3n) is 7.28. The molecule has 0 saturated carbocycles. The summed E-state index contributed by atoms with van der Waals surface area (Å²) in [5.74, 6) is 0. The van der Waals surface area contributed by atoms with Crippen LogP contribution in [0.3, 0.4) is 0 Å². The summed E-state index contributed by atoms with van der Waals surface area (Å²) in [6, 6.07) is 0. The summed E-state index contributed by atoms with van der Waals surface area (Å²) in [6.07, 6.45) is 26.3. The standard InChI is InChI=1S/C38H64O3S/c1-30(2)17-12-19-33(7)21-14-22-35(9)24-16-26-37(11)29-38(41-42(39,40)32(5)6)28-27-36(10)25-15-23-34(8)20-13-18-31(3)4/h17-18,21,23-24,27,29,32,38H,12-16,19-20,22,25-26,28H2,1-11H3/b33-21+,34-23?,35-24+,36-27?,37-29+. The van der Waals surface area contributed by atoms with E-state index in [-0.39, 0.29) is 0 Å². The average Bonchev–Trinajstić information content (AvgIpc) is 2.86. The first-order valence-electron chi connectivity index (χ1n) is 16.1. The number of hydrogen-bond donors (Lipinski definition) is 0. The van der Waals surface area contributed by atoms with Crippen molar-refractivity contribution >= 4 is 10.1 Å². The van der Waals surface area contributed by atoms with Crippen molar-refractivity contribution in [1.82, 2.24) is 0 Å². The molecular formula is C38H64O3S. The van der Waals surface area contributed by atoms with E-state index in [1.807, 2.05) is 6.08 Å². The van der Waals surface area contributed by atoms with E-state index in [2.05, 4.69) is 98.8 Å². The minimum absolute atomic E-state index is 0.474. The van der Waals surface area contributed by atoms with E-state index in [0.29, 0.717) is 6.42 Å². The lowest BCUT2D eigenvalue weighted by atomic mass is 10.0. The summed E-state index contributed by atoms with van der Waals surface area (Å²) in [5, 5.41) is -0.561. The van der Waals surface area contributed by atoms with Crippen molar-refractivity contribution in [3.63, 3.8) is 0 Å². The second kappa shape index (κ2) is 22.6. The first kappa shape index (κ1) is 40.1. The summed E-state index contributed by atoms with van der Waals surface area (Å²) < 4.78 is 30.8. The van der Waals surface area contributed by atoms with E-state index in [0.717, 1.165) is 64.2 Å². The first-order valence-corrected chi connectivity index (χ1v) is 17.6. The zero-order valence-corrected chi connectivity index (χ0v) is 29.9. The summed E-state index contributed by atoms with van der Waals surface area (Å²) in [4.78, 5) is 0. The molecule has 0 saturated heterocycles. The van der Waals surface area contributed by atoms with Gasteiger partial charge in [-0.25, -0.2) is 0 Å². The molecule has 0 aliphatic rings. The second-order valence-corrected chi connectivity index (χ2v) is 15.0. The van der Waals surface area contributed by atoms with Crippen molar-refractivity contribution in [2.75, 3.05) is 0 Å². The molecule has 0 bridgehead atoms. The maximum absolute atomic E-state index is 12.6. The van der Waals surface area contributed by atoms with E-state index in [1.54, 1.807) is 13.8 Å². The van der Waals surface area contributed by atoms with Crippen molar-refractivity contribution in [1.29, 1.82) is 0 Å². The topological polar surface area (TPSA) is 43.4 Å². The molecule has 240 valence electrons. The zero-order chi connectivity index (χ0) is 32.1. The molecule has 0 radical (unpaired) electrons. The molecule has 3 nitrogen and oxygen atoms in total. The number of hydrogen-bond acceptors (Lipinski definition) is 3. The van der Waals surface area contributed by atoms with E-state index in [1.165, 1.54) is 39.0 Å². The fourth-order valence-corrected chi connectivity index (χ4v) is 5.06. The highest BCUT2D eigenvalue weighted by Crippen LogP contribution is 2.19. The lowest BCUT2D eigenvalue weighted by Crippen LogP contribution is -2.23. The van der Waals surface area contributed by atoms with Crippen molar-refractivity contribution in [2.24, 2.45) is 0 Å². The lowest BCUT2D eigenvalue weighted by molar-refractivity contribution is 0.254. The molecule has 0 spiro atoms. The molecule has 0 aromatic rings. The SMILES string of the molecule is CC(C)=CCCC(C)=CCCC(C)=CCC(/C=C(\C)CC/C=C(\C)CC/C=C(\C)CCC=C(C)C)OS(=O)(=O)C(C)C. The largest absolute Gasteiger partial charge is 0.270 e. The van der Waals surface area contributed by atoms with Gasteiger partial charge in [-0.15, -0.1) is 0 Å². The normalized spacial score (nSPS) is 14.8. The van der Waals surface area contributed by atoms with Crippen LogP contribution in [0.15, 0.2) is 81.5 Å².